The Labute approximate surface area is 383 Å². The lowest BCUT2D eigenvalue weighted by atomic mass is 9.87. The zero-order valence-electron chi connectivity index (χ0n) is 42.9. The van der Waals surface area contributed by atoms with E-state index in [1.165, 1.54) is 40.8 Å². The molecule has 4 unspecified atom stereocenters. The Morgan fingerprint density at radius 1 is 0.903 bits per heavy atom. The Hall–Kier alpha value is -3.34. The van der Waals surface area contributed by atoms with Crippen molar-refractivity contribution in [1.82, 2.24) is 15.5 Å². The predicted octanol–water partition coefficient (Wildman–Crippen LogP) is 16.6. The summed E-state index contributed by atoms with van der Waals surface area (Å²) in [7, 11) is 0. The van der Waals surface area contributed by atoms with Crippen molar-refractivity contribution in [2.45, 2.75) is 198 Å². The van der Waals surface area contributed by atoms with E-state index in [-0.39, 0.29) is 18.4 Å². The summed E-state index contributed by atoms with van der Waals surface area (Å²) in [5.41, 5.74) is 9.13. The van der Waals surface area contributed by atoms with Gasteiger partial charge in [0.1, 0.15) is 0 Å². The van der Waals surface area contributed by atoms with Gasteiger partial charge in [0.2, 0.25) is 5.92 Å². The SMILES string of the molecule is C=C(CC)C(=C)C(CC)CCC(C)(F)F.C=C(CCC)CCC(NC(=C)NC(C(=C)N1C[C@H]2[C@@H](C1C(=C)C)C2(C)C)C1Cc2ccccc2C1)C(C)C.C=CCC.CC.CCC. The fourth-order valence-electron chi connectivity index (χ4n) is 9.06. The highest BCUT2D eigenvalue weighted by Gasteiger charge is 2.67. The molecule has 5 heteroatoms. The van der Waals surface area contributed by atoms with E-state index in [0.717, 1.165) is 87.7 Å². The molecule has 2 fully saturated rings. The van der Waals surface area contributed by atoms with E-state index in [2.05, 4.69) is 142 Å². The van der Waals surface area contributed by atoms with E-state index in [1.54, 1.807) is 0 Å². The van der Waals surface area contributed by atoms with E-state index < -0.39 is 5.92 Å². The van der Waals surface area contributed by atoms with Crippen molar-refractivity contribution in [1.29, 1.82) is 0 Å². The monoisotopic (exact) mass is 862 g/mol. The second-order valence-corrected chi connectivity index (χ2v) is 19.1. The molecule has 0 amide bonds. The van der Waals surface area contributed by atoms with Crippen LogP contribution in [0.2, 0.25) is 0 Å². The summed E-state index contributed by atoms with van der Waals surface area (Å²) >= 11 is 0. The second-order valence-electron chi connectivity index (χ2n) is 19.1. The molecule has 62 heavy (non-hydrogen) atoms. The lowest BCUT2D eigenvalue weighted by Gasteiger charge is -2.40. The van der Waals surface area contributed by atoms with Gasteiger partial charge in [0.05, 0.1) is 17.9 Å². The van der Waals surface area contributed by atoms with Gasteiger partial charge in [-0.1, -0.05) is 182 Å². The summed E-state index contributed by atoms with van der Waals surface area (Å²) in [5, 5.41) is 7.65. The first-order chi connectivity index (χ1) is 29.1. The molecule has 0 radical (unpaired) electrons. The molecule has 4 rings (SSSR count). The van der Waals surface area contributed by atoms with Gasteiger partial charge in [-0.3, -0.25) is 0 Å². The van der Waals surface area contributed by atoms with E-state index in [4.69, 9.17) is 6.58 Å². The van der Waals surface area contributed by atoms with Crippen molar-refractivity contribution in [2.24, 2.45) is 35.0 Å². The van der Waals surface area contributed by atoms with Gasteiger partial charge in [0, 0.05) is 24.7 Å². The van der Waals surface area contributed by atoms with Crippen molar-refractivity contribution >= 4 is 0 Å². The van der Waals surface area contributed by atoms with Gasteiger partial charge in [-0.15, -0.1) is 6.58 Å². The third kappa shape index (κ3) is 18.8. The summed E-state index contributed by atoms with van der Waals surface area (Å²) in [5.74, 6) is 0.886. The Balaban J connectivity index is 0.00000129. The number of nitrogens with one attached hydrogen (secondary N) is 2. The van der Waals surface area contributed by atoms with Gasteiger partial charge in [-0.05, 0) is 123 Å². The first kappa shape index (κ1) is 58.7. The zero-order valence-corrected chi connectivity index (χ0v) is 42.9. The predicted molar refractivity (Wildman–Crippen MR) is 274 cm³/mol. The van der Waals surface area contributed by atoms with Crippen molar-refractivity contribution < 1.29 is 8.78 Å². The van der Waals surface area contributed by atoms with Crippen molar-refractivity contribution in [3.63, 3.8) is 0 Å². The van der Waals surface area contributed by atoms with Crippen LogP contribution in [-0.4, -0.2) is 35.5 Å². The summed E-state index contributed by atoms with van der Waals surface area (Å²) < 4.78 is 25.4. The lowest BCUT2D eigenvalue weighted by Crippen LogP contribution is -2.49. The fourth-order valence-corrected chi connectivity index (χ4v) is 9.06. The minimum absolute atomic E-state index is 0.0679. The number of likely N-dealkylation sites (tertiary alicyclic amines) is 1. The Morgan fingerprint density at radius 3 is 1.85 bits per heavy atom. The van der Waals surface area contributed by atoms with Crippen molar-refractivity contribution in [3.05, 3.63) is 121 Å². The molecule has 1 aromatic rings. The van der Waals surface area contributed by atoms with Crippen molar-refractivity contribution in [3.8, 4) is 0 Å². The molecule has 3 nitrogen and oxygen atoms in total. The number of piperidine rings is 1. The third-order valence-corrected chi connectivity index (χ3v) is 13.0. The van der Waals surface area contributed by atoms with Crippen LogP contribution in [-0.2, 0) is 12.8 Å². The number of allylic oxidation sites excluding steroid dienone is 4. The summed E-state index contributed by atoms with van der Waals surface area (Å²) in [6, 6.07) is 9.81. The maximum Gasteiger partial charge on any atom is 0.245 e. The molecule has 354 valence electrons. The summed E-state index contributed by atoms with van der Waals surface area (Å²) in [4.78, 5) is 2.59. The molecule has 1 saturated heterocycles. The average molecular weight is 862 g/mol. The molecule has 2 N–H and O–H groups in total. The van der Waals surface area contributed by atoms with Crippen LogP contribution in [0.25, 0.3) is 0 Å². The molecular weight excluding hydrogens is 765 g/mol. The normalized spacial score (nSPS) is 19.4. The smallest absolute Gasteiger partial charge is 0.245 e. The van der Waals surface area contributed by atoms with Gasteiger partial charge < -0.3 is 15.5 Å². The van der Waals surface area contributed by atoms with Gasteiger partial charge in [0.15, 0.2) is 0 Å². The van der Waals surface area contributed by atoms with Crippen LogP contribution in [0, 0.1) is 35.0 Å². The van der Waals surface area contributed by atoms with Crippen LogP contribution in [0.4, 0.5) is 8.78 Å². The molecule has 0 spiro atoms. The largest absolute Gasteiger partial charge is 0.369 e. The van der Waals surface area contributed by atoms with Crippen LogP contribution in [0.3, 0.4) is 0 Å². The number of hydrogen-bond acceptors (Lipinski definition) is 3. The third-order valence-electron chi connectivity index (χ3n) is 13.0. The van der Waals surface area contributed by atoms with Crippen LogP contribution in [0.5, 0.6) is 0 Å². The molecule has 1 aromatic carbocycles. The Morgan fingerprint density at radius 2 is 1.44 bits per heavy atom. The number of rotatable bonds is 22. The number of benzene rings is 1. The number of nitrogens with zero attached hydrogens (tertiary/aromatic N) is 1. The van der Waals surface area contributed by atoms with E-state index in [0.29, 0.717) is 41.7 Å². The first-order valence-electron chi connectivity index (χ1n) is 24.5. The summed E-state index contributed by atoms with van der Waals surface area (Å²) in [6.07, 6.45) is 12.9. The standard InChI is InChI=1S/C35H53N3.C13H22F2.C4H8.C3H8.C2H6/c1-11-14-24(6)17-18-31(22(2)3)36-26(8)37-33(29-19-27-15-12-13-16-28(27)20-29)25(7)38-21-30-32(35(30,9)10)34(38)23(4)5;1-6-10(3)11(4)12(7-2)8-9-13(5,14)15;1-3-4-2;1-3-2;1-2/h12-13,15-16,22,29-34,36-37H,4,6-8,11,14,17-21H2,1-3,5,9-10H3;12H,3-4,6-9H2,1-2,5H3;3H,1,4H2,2H3;3H2,1-2H3;1-2H3/t30-,31?,32-,33?,34?;;;;/m0..../s1. The number of hydrogen-bond donors (Lipinski definition) is 2. The van der Waals surface area contributed by atoms with E-state index in [1.807, 2.05) is 33.8 Å². The molecule has 3 aliphatic rings. The first-order valence-corrected chi connectivity index (χ1v) is 24.5. The van der Waals surface area contributed by atoms with Crippen LogP contribution >= 0.6 is 0 Å². The van der Waals surface area contributed by atoms with Gasteiger partial charge in [0.25, 0.3) is 0 Å². The zero-order chi connectivity index (χ0) is 48.0. The molecule has 1 heterocycles. The highest BCUT2D eigenvalue weighted by atomic mass is 19.3. The van der Waals surface area contributed by atoms with E-state index in [9.17, 15) is 8.78 Å². The number of fused-ring (bicyclic) bond motifs is 2. The van der Waals surface area contributed by atoms with Gasteiger partial charge >= 0.3 is 0 Å². The van der Waals surface area contributed by atoms with Gasteiger partial charge in [-0.25, -0.2) is 8.78 Å². The average Bonchev–Trinajstić information content (AvgIpc) is 3.57. The second kappa shape index (κ2) is 29.2. The maximum absolute atomic E-state index is 12.7. The Kier molecular flexibility index (Phi) is 27.6. The molecule has 0 aromatic heterocycles. The summed E-state index contributed by atoms with van der Waals surface area (Å²) in [6.45, 7) is 59.6. The molecule has 1 aliphatic heterocycles. The van der Waals surface area contributed by atoms with Crippen LogP contribution in [0.1, 0.15) is 172 Å². The minimum Gasteiger partial charge on any atom is -0.369 e. The Bertz CT molecular complexity index is 1520. The quantitative estimate of drug-likeness (QED) is 0.0898. The fraction of sp³-hybridized carbons (Fsp3) is 0.649. The molecule has 0 bridgehead atoms. The van der Waals surface area contributed by atoms with E-state index >= 15 is 0 Å². The molecule has 1 saturated carbocycles. The maximum atomic E-state index is 12.7. The topological polar surface area (TPSA) is 27.3 Å². The van der Waals surface area contributed by atoms with Gasteiger partial charge in [-0.2, -0.15) is 0 Å². The number of alkyl halides is 2. The van der Waals surface area contributed by atoms with Crippen molar-refractivity contribution in [2.75, 3.05) is 6.54 Å². The molecular formula is C57H97F2N3. The molecule has 2 aliphatic carbocycles. The highest BCUT2D eigenvalue weighted by molar-refractivity contribution is 5.36. The highest BCUT2D eigenvalue weighted by Crippen LogP contribution is 2.66. The minimum atomic E-state index is -2.57. The molecule has 6 atom stereocenters. The lowest BCUT2D eigenvalue weighted by molar-refractivity contribution is 0.00780. The van der Waals surface area contributed by atoms with Crippen LogP contribution < -0.4 is 10.6 Å². The van der Waals surface area contributed by atoms with Crippen LogP contribution in [0.15, 0.2) is 110 Å². The number of halogens is 2.